The van der Waals surface area contributed by atoms with Gasteiger partial charge in [-0.2, -0.15) is 0 Å². The Morgan fingerprint density at radius 1 is 1.22 bits per heavy atom. The first-order valence-electron chi connectivity index (χ1n) is 11.7. The van der Waals surface area contributed by atoms with Crippen LogP contribution in [0.4, 0.5) is 0 Å². The first-order chi connectivity index (χ1) is 18.0. The molecule has 3 aromatic heterocycles. The largest absolute Gasteiger partial charge is 0.461 e. The predicted octanol–water partition coefficient (Wildman–Crippen LogP) is 6.54. The van der Waals surface area contributed by atoms with E-state index in [1.54, 1.807) is 11.5 Å². The van der Waals surface area contributed by atoms with Crippen LogP contribution in [0, 0.1) is 0 Å². The molecule has 0 aliphatic carbocycles. The maximum atomic E-state index is 12.7. The summed E-state index contributed by atoms with van der Waals surface area (Å²) in [6, 6.07) is 13.6. The number of aromatic nitrogens is 6. The van der Waals surface area contributed by atoms with Crippen LogP contribution in [0.5, 0.6) is 0 Å². The lowest BCUT2D eigenvalue weighted by Gasteiger charge is -2.10. The van der Waals surface area contributed by atoms with Crippen molar-refractivity contribution in [1.29, 1.82) is 0 Å². The number of hydrogen-bond acceptors (Lipinski definition) is 7. The molecule has 37 heavy (non-hydrogen) atoms. The van der Waals surface area contributed by atoms with E-state index in [2.05, 4.69) is 41.5 Å². The number of imidazole rings is 1. The first kappa shape index (κ1) is 24.9. The molecule has 0 aliphatic rings. The number of aromatic amines is 1. The van der Waals surface area contributed by atoms with Crippen LogP contribution >= 0.6 is 27.5 Å². The van der Waals surface area contributed by atoms with Gasteiger partial charge in [0.05, 0.1) is 11.1 Å². The fourth-order valence-corrected chi connectivity index (χ4v) is 4.94. The topological polar surface area (TPSA) is 112 Å². The van der Waals surface area contributed by atoms with Crippen LogP contribution in [0.3, 0.4) is 0 Å². The normalized spacial score (nSPS) is 11.6. The highest BCUT2D eigenvalue weighted by molar-refractivity contribution is 9.10. The zero-order valence-corrected chi connectivity index (χ0v) is 22.4. The molecule has 0 bridgehead atoms. The molecule has 0 amide bonds. The molecule has 11 heteroatoms. The summed E-state index contributed by atoms with van der Waals surface area (Å²) in [6.45, 7) is 4.38. The fraction of sp³-hybridized carbons (Fsp3) is 0.192. The first-order valence-corrected chi connectivity index (χ1v) is 12.8. The molecule has 0 radical (unpaired) electrons. The molecule has 0 spiro atoms. The maximum Gasteiger partial charge on any atom is 0.358 e. The fourth-order valence-electron chi connectivity index (χ4n) is 4.07. The molecule has 0 fully saturated rings. The summed E-state index contributed by atoms with van der Waals surface area (Å²) in [5.74, 6) is 1.27. The van der Waals surface area contributed by atoms with Gasteiger partial charge in [-0.3, -0.25) is 0 Å². The second-order valence-electron chi connectivity index (χ2n) is 8.10. The molecule has 188 valence electrons. The summed E-state index contributed by atoms with van der Waals surface area (Å²) < 4.78 is 14.1. The Balaban J connectivity index is 1.57. The van der Waals surface area contributed by atoms with E-state index in [-0.39, 0.29) is 17.5 Å². The summed E-state index contributed by atoms with van der Waals surface area (Å²) >= 11 is 10.1. The molecule has 5 aromatic rings. The molecule has 2 aromatic carbocycles. The van der Waals surface area contributed by atoms with Gasteiger partial charge in [0.2, 0.25) is 0 Å². The van der Waals surface area contributed by atoms with Crippen LogP contribution in [0.1, 0.15) is 42.1 Å². The van der Waals surface area contributed by atoms with Gasteiger partial charge in [-0.1, -0.05) is 54.9 Å². The van der Waals surface area contributed by atoms with Crippen molar-refractivity contribution in [3.8, 4) is 22.7 Å². The van der Waals surface area contributed by atoms with Crippen LogP contribution in [0.25, 0.3) is 39.8 Å². The Hall–Kier alpha value is -3.76. The minimum absolute atomic E-state index is 0.112. The summed E-state index contributed by atoms with van der Waals surface area (Å²) in [5.41, 5.74) is 3.51. The highest BCUT2D eigenvalue weighted by atomic mass is 79.9. The molecule has 0 saturated carbocycles. The summed E-state index contributed by atoms with van der Waals surface area (Å²) in [6.07, 6.45) is 4.64. The summed E-state index contributed by atoms with van der Waals surface area (Å²) in [4.78, 5) is 17.1. The zero-order chi connectivity index (χ0) is 25.9. The third-order valence-electron chi connectivity index (χ3n) is 5.73. The maximum absolute atomic E-state index is 12.7. The van der Waals surface area contributed by atoms with Gasteiger partial charge >= 0.3 is 5.97 Å². The number of allylic oxidation sites excluding steroid dienone is 1. The third-order valence-corrected chi connectivity index (χ3v) is 6.78. The Kier molecular flexibility index (Phi) is 7.20. The number of carbonyl (C=O) groups excluding carboxylic acids is 1. The quantitative estimate of drug-likeness (QED) is 0.207. The lowest BCUT2D eigenvalue weighted by molar-refractivity contribution is 0.0514. The third kappa shape index (κ3) is 4.82. The second kappa shape index (κ2) is 10.7. The van der Waals surface area contributed by atoms with Crippen molar-refractivity contribution in [2.24, 2.45) is 0 Å². The zero-order valence-electron chi connectivity index (χ0n) is 20.0. The van der Waals surface area contributed by atoms with E-state index in [9.17, 15) is 4.79 Å². The summed E-state index contributed by atoms with van der Waals surface area (Å²) in [5, 5.41) is 15.2. The number of hydrogen-bond donors (Lipinski definition) is 1. The molecule has 0 aliphatic heterocycles. The van der Waals surface area contributed by atoms with E-state index >= 15 is 0 Å². The van der Waals surface area contributed by atoms with Crippen LogP contribution < -0.4 is 0 Å². The highest BCUT2D eigenvalue weighted by Crippen LogP contribution is 2.41. The van der Waals surface area contributed by atoms with Crippen LogP contribution in [0.2, 0.25) is 5.15 Å². The van der Waals surface area contributed by atoms with Crippen LogP contribution in [-0.4, -0.2) is 42.8 Å². The van der Waals surface area contributed by atoms with E-state index in [1.807, 2.05) is 61.5 Å². The Morgan fingerprint density at radius 2 is 2.03 bits per heavy atom. The van der Waals surface area contributed by atoms with E-state index < -0.39 is 5.97 Å². The molecule has 9 nitrogen and oxygen atoms in total. The molecule has 3 heterocycles. The number of carbonyl (C=O) groups is 1. The number of rotatable bonds is 8. The average molecular weight is 582 g/mol. The Bertz CT molecular complexity index is 1610. The van der Waals surface area contributed by atoms with Crippen molar-refractivity contribution in [1.82, 2.24) is 30.2 Å². The van der Waals surface area contributed by atoms with Crippen molar-refractivity contribution < 1.29 is 13.9 Å². The van der Waals surface area contributed by atoms with Crippen molar-refractivity contribution in [3.63, 3.8) is 0 Å². The second-order valence-corrected chi connectivity index (χ2v) is 9.25. The van der Waals surface area contributed by atoms with E-state index in [1.165, 1.54) is 0 Å². The van der Waals surface area contributed by atoms with Crippen molar-refractivity contribution in [2.45, 2.75) is 26.8 Å². The van der Waals surface area contributed by atoms with Gasteiger partial charge in [0.1, 0.15) is 17.2 Å². The smallest absolute Gasteiger partial charge is 0.358 e. The van der Waals surface area contributed by atoms with Gasteiger partial charge in [0, 0.05) is 23.1 Å². The van der Waals surface area contributed by atoms with Gasteiger partial charge in [-0.05, 0) is 63.5 Å². The Labute approximate surface area is 225 Å². The van der Waals surface area contributed by atoms with Gasteiger partial charge in [0.15, 0.2) is 16.7 Å². The number of esters is 1. The molecule has 5 rings (SSSR count). The SMILES string of the molecule is CC/C=C\c1nc(Cl)c(C(=O)OCC)n1Cc1ccc2oc(-c3ccccc3-c3nnn[nH]3)c(Br)c2c1. The van der Waals surface area contributed by atoms with Gasteiger partial charge < -0.3 is 13.7 Å². The van der Waals surface area contributed by atoms with Crippen molar-refractivity contribution in [3.05, 3.63) is 75.2 Å². The molecule has 0 saturated heterocycles. The van der Waals surface area contributed by atoms with E-state index in [0.717, 1.165) is 33.0 Å². The molecular formula is C26H22BrClN6O3. The van der Waals surface area contributed by atoms with Gasteiger partial charge in [-0.25, -0.2) is 14.9 Å². The van der Waals surface area contributed by atoms with Crippen molar-refractivity contribution in [2.75, 3.05) is 6.61 Å². The van der Waals surface area contributed by atoms with Gasteiger partial charge in [0.25, 0.3) is 0 Å². The minimum atomic E-state index is -0.512. The Morgan fingerprint density at radius 3 is 2.76 bits per heavy atom. The lowest BCUT2D eigenvalue weighted by atomic mass is 10.0. The highest BCUT2D eigenvalue weighted by Gasteiger charge is 2.23. The molecule has 1 N–H and O–H groups in total. The number of benzene rings is 2. The molecule has 0 unspecified atom stereocenters. The van der Waals surface area contributed by atoms with Crippen LogP contribution in [0.15, 0.2) is 57.4 Å². The van der Waals surface area contributed by atoms with E-state index in [4.69, 9.17) is 20.8 Å². The number of tetrazole rings is 1. The monoisotopic (exact) mass is 580 g/mol. The standard InChI is InChI=1S/C26H22BrClN6O3/c1-3-5-10-20-29-24(28)22(26(35)36-4-2)34(20)14-15-11-12-19-18(13-15)21(27)23(37-19)16-8-6-7-9-17(16)25-30-32-33-31-25/h5-13H,3-4,14H2,1-2H3,(H,30,31,32,33)/b10-5-. The average Bonchev–Trinajstić information content (AvgIpc) is 3.62. The molecule has 0 atom stereocenters. The summed E-state index contributed by atoms with van der Waals surface area (Å²) in [7, 11) is 0. The molecular weight excluding hydrogens is 560 g/mol. The number of fused-ring (bicyclic) bond motifs is 1. The lowest BCUT2D eigenvalue weighted by Crippen LogP contribution is -2.14. The van der Waals surface area contributed by atoms with Crippen LogP contribution in [-0.2, 0) is 11.3 Å². The van der Waals surface area contributed by atoms with Gasteiger partial charge in [-0.15, -0.1) is 5.10 Å². The number of H-pyrrole nitrogens is 1. The number of furan rings is 1. The van der Waals surface area contributed by atoms with E-state index in [0.29, 0.717) is 29.5 Å². The minimum Gasteiger partial charge on any atom is -0.461 e. The number of nitrogens with one attached hydrogen (secondary N) is 1. The van der Waals surface area contributed by atoms with Crippen molar-refractivity contribution >= 4 is 50.5 Å². The predicted molar refractivity (Wildman–Crippen MR) is 144 cm³/mol. The number of ether oxygens (including phenoxy) is 1. The number of nitrogens with zero attached hydrogens (tertiary/aromatic N) is 5. The number of halogens is 2.